The summed E-state index contributed by atoms with van der Waals surface area (Å²) in [5.41, 5.74) is 5.68. The summed E-state index contributed by atoms with van der Waals surface area (Å²) >= 11 is 0. The van der Waals surface area contributed by atoms with Gasteiger partial charge in [-0.1, -0.05) is 91.0 Å². The third-order valence-corrected chi connectivity index (χ3v) is 6.28. The summed E-state index contributed by atoms with van der Waals surface area (Å²) in [6, 6.07) is 37.2. The van der Waals surface area contributed by atoms with Crippen LogP contribution in [-0.2, 0) is 0 Å². The second kappa shape index (κ2) is 7.01. The maximum Gasteiger partial charge on any atom is 0.160 e. The molecule has 0 radical (unpaired) electrons. The molecule has 0 atom stereocenters. The second-order valence-electron chi connectivity index (χ2n) is 8.22. The Bertz CT molecular complexity index is 1820. The van der Waals surface area contributed by atoms with Gasteiger partial charge in [0.15, 0.2) is 5.82 Å². The van der Waals surface area contributed by atoms with Gasteiger partial charge in [-0.05, 0) is 23.6 Å². The topological polar surface area (TPSA) is 38.9 Å². The van der Waals surface area contributed by atoms with Crippen LogP contribution >= 0.6 is 0 Å². The molecular formula is C30H18N2O. The monoisotopic (exact) mass is 422 g/mol. The molecule has 154 valence electrons. The van der Waals surface area contributed by atoms with Crippen molar-refractivity contribution >= 4 is 43.6 Å². The number of fused-ring (bicyclic) bond motifs is 6. The van der Waals surface area contributed by atoms with E-state index in [-0.39, 0.29) is 0 Å². The van der Waals surface area contributed by atoms with Crippen LogP contribution in [0.2, 0.25) is 0 Å². The first-order chi connectivity index (χ1) is 16.4. The van der Waals surface area contributed by atoms with E-state index in [2.05, 4.69) is 66.7 Å². The van der Waals surface area contributed by atoms with E-state index in [0.717, 1.165) is 66.3 Å². The predicted octanol–water partition coefficient (Wildman–Crippen LogP) is 8.02. The van der Waals surface area contributed by atoms with Gasteiger partial charge in [-0.2, -0.15) is 0 Å². The fourth-order valence-corrected chi connectivity index (χ4v) is 4.75. The van der Waals surface area contributed by atoms with Crippen LogP contribution in [0, 0.1) is 0 Å². The maximum absolute atomic E-state index is 6.41. The molecule has 2 heterocycles. The molecular weight excluding hydrogens is 404 g/mol. The first-order valence-electron chi connectivity index (χ1n) is 11.0. The van der Waals surface area contributed by atoms with E-state index >= 15 is 0 Å². The molecule has 0 aliphatic heterocycles. The van der Waals surface area contributed by atoms with Gasteiger partial charge < -0.3 is 4.42 Å². The summed E-state index contributed by atoms with van der Waals surface area (Å²) in [6.07, 6.45) is 0. The minimum atomic E-state index is 0.720. The highest BCUT2D eigenvalue weighted by atomic mass is 16.3. The van der Waals surface area contributed by atoms with Crippen LogP contribution in [-0.4, -0.2) is 9.97 Å². The van der Waals surface area contributed by atoms with Crippen LogP contribution in [0.5, 0.6) is 0 Å². The maximum atomic E-state index is 6.41. The third kappa shape index (κ3) is 2.76. The average molecular weight is 422 g/mol. The van der Waals surface area contributed by atoms with E-state index in [4.69, 9.17) is 14.4 Å². The summed E-state index contributed by atoms with van der Waals surface area (Å²) < 4.78 is 6.41. The summed E-state index contributed by atoms with van der Waals surface area (Å²) in [6.45, 7) is 0. The Balaban J connectivity index is 1.63. The van der Waals surface area contributed by atoms with Gasteiger partial charge in [0.1, 0.15) is 11.2 Å². The molecule has 0 bridgehead atoms. The number of benzene rings is 5. The fraction of sp³-hybridized carbons (Fsp3) is 0. The van der Waals surface area contributed by atoms with Crippen molar-refractivity contribution in [2.75, 3.05) is 0 Å². The van der Waals surface area contributed by atoms with Crippen molar-refractivity contribution in [2.24, 2.45) is 0 Å². The number of nitrogens with zero attached hydrogens (tertiary/aromatic N) is 2. The second-order valence-corrected chi connectivity index (χ2v) is 8.22. The summed E-state index contributed by atoms with van der Waals surface area (Å²) in [4.78, 5) is 9.97. The Kier molecular flexibility index (Phi) is 3.84. The molecule has 0 fully saturated rings. The van der Waals surface area contributed by atoms with Gasteiger partial charge in [0, 0.05) is 32.7 Å². The number of para-hydroxylation sites is 2. The number of hydrogen-bond acceptors (Lipinski definition) is 3. The minimum absolute atomic E-state index is 0.720. The Morgan fingerprint density at radius 2 is 1.33 bits per heavy atom. The molecule has 0 amide bonds. The van der Waals surface area contributed by atoms with Crippen molar-refractivity contribution in [1.29, 1.82) is 0 Å². The zero-order valence-corrected chi connectivity index (χ0v) is 17.7. The lowest BCUT2D eigenvalue weighted by atomic mass is 9.97. The van der Waals surface area contributed by atoms with Crippen LogP contribution in [0.25, 0.3) is 66.3 Å². The third-order valence-electron chi connectivity index (χ3n) is 6.28. The molecule has 3 nitrogen and oxygen atoms in total. The summed E-state index contributed by atoms with van der Waals surface area (Å²) in [5, 5.41) is 5.48. The van der Waals surface area contributed by atoms with Crippen LogP contribution in [0.15, 0.2) is 114 Å². The molecule has 33 heavy (non-hydrogen) atoms. The Morgan fingerprint density at radius 3 is 2.24 bits per heavy atom. The standard InChI is InChI=1S/C30H18N2O/c1-2-9-20(10-3-1)30-31-25-15-6-4-13-23(25)28(32-30)24-14-8-11-19-17-18-22-21-12-5-7-16-26(21)33-29(22)27(19)24/h1-18H. The minimum Gasteiger partial charge on any atom is -0.455 e. The SMILES string of the molecule is c1ccc(-c2nc(-c3cccc4ccc5c6ccccc6oc5c34)c3ccccc3n2)cc1. The molecule has 0 aliphatic rings. The Morgan fingerprint density at radius 1 is 0.545 bits per heavy atom. The van der Waals surface area contributed by atoms with Crippen molar-refractivity contribution < 1.29 is 4.42 Å². The average Bonchev–Trinajstić information content (AvgIpc) is 3.27. The summed E-state index contributed by atoms with van der Waals surface area (Å²) in [5.74, 6) is 0.720. The molecule has 0 saturated heterocycles. The normalized spacial score (nSPS) is 11.6. The van der Waals surface area contributed by atoms with Crippen molar-refractivity contribution in [3.05, 3.63) is 109 Å². The van der Waals surface area contributed by atoms with E-state index in [1.807, 2.05) is 42.5 Å². The van der Waals surface area contributed by atoms with Crippen LogP contribution in [0.4, 0.5) is 0 Å². The van der Waals surface area contributed by atoms with Gasteiger partial charge in [0.05, 0.1) is 11.2 Å². The van der Waals surface area contributed by atoms with Gasteiger partial charge in [-0.3, -0.25) is 0 Å². The zero-order chi connectivity index (χ0) is 21.8. The smallest absolute Gasteiger partial charge is 0.160 e. The fourth-order valence-electron chi connectivity index (χ4n) is 4.75. The van der Waals surface area contributed by atoms with Crippen LogP contribution in [0.3, 0.4) is 0 Å². The number of aromatic nitrogens is 2. The van der Waals surface area contributed by atoms with E-state index < -0.39 is 0 Å². The van der Waals surface area contributed by atoms with Crippen molar-refractivity contribution in [3.8, 4) is 22.6 Å². The van der Waals surface area contributed by atoms with Crippen molar-refractivity contribution in [1.82, 2.24) is 9.97 Å². The summed E-state index contributed by atoms with van der Waals surface area (Å²) in [7, 11) is 0. The Hall–Kier alpha value is -4.50. The predicted molar refractivity (Wildman–Crippen MR) is 135 cm³/mol. The highest BCUT2D eigenvalue weighted by Gasteiger charge is 2.17. The van der Waals surface area contributed by atoms with E-state index in [1.165, 1.54) is 0 Å². The molecule has 7 aromatic rings. The largest absolute Gasteiger partial charge is 0.455 e. The number of rotatable bonds is 2. The van der Waals surface area contributed by atoms with Gasteiger partial charge in [0.25, 0.3) is 0 Å². The van der Waals surface area contributed by atoms with Crippen molar-refractivity contribution in [3.63, 3.8) is 0 Å². The zero-order valence-electron chi connectivity index (χ0n) is 17.7. The van der Waals surface area contributed by atoms with Gasteiger partial charge in [-0.15, -0.1) is 0 Å². The highest BCUT2D eigenvalue weighted by molar-refractivity contribution is 6.19. The lowest BCUT2D eigenvalue weighted by Crippen LogP contribution is -1.95. The van der Waals surface area contributed by atoms with E-state index in [0.29, 0.717) is 0 Å². The Labute approximate surface area is 190 Å². The van der Waals surface area contributed by atoms with E-state index in [9.17, 15) is 0 Å². The molecule has 0 saturated carbocycles. The quantitative estimate of drug-likeness (QED) is 0.283. The first-order valence-corrected chi connectivity index (χ1v) is 11.0. The lowest BCUT2D eigenvalue weighted by Gasteiger charge is -2.12. The molecule has 5 aromatic carbocycles. The van der Waals surface area contributed by atoms with Crippen LogP contribution < -0.4 is 0 Å². The molecule has 3 heteroatoms. The van der Waals surface area contributed by atoms with E-state index in [1.54, 1.807) is 0 Å². The van der Waals surface area contributed by atoms with Gasteiger partial charge >= 0.3 is 0 Å². The molecule has 0 aliphatic carbocycles. The number of hydrogen-bond donors (Lipinski definition) is 0. The number of furan rings is 1. The highest BCUT2D eigenvalue weighted by Crippen LogP contribution is 2.40. The molecule has 0 unspecified atom stereocenters. The van der Waals surface area contributed by atoms with Crippen LogP contribution in [0.1, 0.15) is 0 Å². The molecule has 2 aromatic heterocycles. The van der Waals surface area contributed by atoms with Gasteiger partial charge in [-0.25, -0.2) is 9.97 Å². The molecule has 7 rings (SSSR count). The first kappa shape index (κ1) is 18.1. The van der Waals surface area contributed by atoms with Gasteiger partial charge in [0.2, 0.25) is 0 Å². The lowest BCUT2D eigenvalue weighted by molar-refractivity contribution is 0.673. The van der Waals surface area contributed by atoms with Crippen molar-refractivity contribution in [2.45, 2.75) is 0 Å². The molecule has 0 N–H and O–H groups in total. The molecule has 0 spiro atoms.